The molecule has 0 saturated carbocycles. The molecule has 0 radical (unpaired) electrons. The number of nitrogens with one attached hydrogen (secondary N) is 1. The number of halogens is 1. The van der Waals surface area contributed by atoms with Gasteiger partial charge in [-0.3, -0.25) is 4.79 Å². The molecule has 0 aliphatic rings. The molecule has 2 aromatic carbocycles. The molecule has 110 valence electrons. The number of rotatable bonds is 4. The molecule has 2 aromatic rings. The zero-order chi connectivity index (χ0) is 15.4. The Hall–Kier alpha value is -2.40. The molecule has 0 bridgehead atoms. The van der Waals surface area contributed by atoms with Gasteiger partial charge < -0.3 is 20.5 Å². The average molecular weight is 307 g/mol. The van der Waals surface area contributed by atoms with Crippen molar-refractivity contribution in [3.8, 4) is 11.5 Å². The number of methoxy groups -OCH3 is 2. The van der Waals surface area contributed by atoms with Crippen LogP contribution in [0.3, 0.4) is 0 Å². The summed E-state index contributed by atoms with van der Waals surface area (Å²) in [6, 6.07) is 9.79. The monoisotopic (exact) mass is 306 g/mol. The molecule has 0 heterocycles. The fourth-order valence-electron chi connectivity index (χ4n) is 1.79. The van der Waals surface area contributed by atoms with Gasteiger partial charge in [-0.1, -0.05) is 11.6 Å². The van der Waals surface area contributed by atoms with E-state index in [1.165, 1.54) is 14.2 Å². The van der Waals surface area contributed by atoms with Crippen LogP contribution in [0.1, 0.15) is 10.4 Å². The van der Waals surface area contributed by atoms with Crippen molar-refractivity contribution in [1.29, 1.82) is 0 Å². The largest absolute Gasteiger partial charge is 0.497 e. The lowest BCUT2D eigenvalue weighted by Gasteiger charge is -2.10. The van der Waals surface area contributed by atoms with E-state index in [0.717, 1.165) is 0 Å². The molecule has 0 atom stereocenters. The molecule has 21 heavy (non-hydrogen) atoms. The van der Waals surface area contributed by atoms with Gasteiger partial charge in [0.2, 0.25) is 0 Å². The third-order valence-corrected chi connectivity index (χ3v) is 3.18. The summed E-state index contributed by atoms with van der Waals surface area (Å²) in [4.78, 5) is 12.3. The zero-order valence-electron chi connectivity index (χ0n) is 11.6. The topological polar surface area (TPSA) is 73.6 Å². The minimum Gasteiger partial charge on any atom is -0.497 e. The smallest absolute Gasteiger partial charge is 0.255 e. The number of ether oxygens (including phenoxy) is 2. The summed E-state index contributed by atoms with van der Waals surface area (Å²) in [5.41, 5.74) is 7.02. The predicted molar refractivity (Wildman–Crippen MR) is 83.4 cm³/mol. The molecule has 0 spiro atoms. The Morgan fingerprint density at radius 3 is 2.48 bits per heavy atom. The van der Waals surface area contributed by atoms with E-state index < -0.39 is 0 Å². The third-order valence-electron chi connectivity index (χ3n) is 2.85. The van der Waals surface area contributed by atoms with Crippen LogP contribution in [0.25, 0.3) is 0 Å². The van der Waals surface area contributed by atoms with Crippen LogP contribution in [0.15, 0.2) is 36.4 Å². The lowest BCUT2D eigenvalue weighted by molar-refractivity contribution is 0.102. The fourth-order valence-corrected chi connectivity index (χ4v) is 1.96. The molecule has 1 amide bonds. The Balaban J connectivity index is 2.27. The van der Waals surface area contributed by atoms with Crippen molar-refractivity contribution in [1.82, 2.24) is 0 Å². The second kappa shape index (κ2) is 6.37. The van der Waals surface area contributed by atoms with Crippen LogP contribution in [0, 0.1) is 0 Å². The van der Waals surface area contributed by atoms with Crippen LogP contribution < -0.4 is 20.5 Å². The van der Waals surface area contributed by atoms with Gasteiger partial charge in [0.05, 0.1) is 24.9 Å². The van der Waals surface area contributed by atoms with Gasteiger partial charge in [0.25, 0.3) is 5.91 Å². The van der Waals surface area contributed by atoms with E-state index in [-0.39, 0.29) is 5.91 Å². The molecule has 6 heteroatoms. The summed E-state index contributed by atoms with van der Waals surface area (Å²) in [6.45, 7) is 0. The van der Waals surface area contributed by atoms with Crippen molar-refractivity contribution >= 4 is 28.9 Å². The van der Waals surface area contributed by atoms with Crippen LogP contribution >= 0.6 is 11.6 Å². The molecular formula is C15H15ClN2O3. The first-order valence-electron chi connectivity index (χ1n) is 6.13. The van der Waals surface area contributed by atoms with E-state index in [1.54, 1.807) is 36.4 Å². The van der Waals surface area contributed by atoms with E-state index in [9.17, 15) is 4.79 Å². The van der Waals surface area contributed by atoms with Crippen molar-refractivity contribution < 1.29 is 14.3 Å². The SMILES string of the molecule is COc1cc(N)cc(C(=O)Nc2cc(OC)ccc2Cl)c1. The highest BCUT2D eigenvalue weighted by molar-refractivity contribution is 6.34. The van der Waals surface area contributed by atoms with E-state index >= 15 is 0 Å². The summed E-state index contributed by atoms with van der Waals surface area (Å²) in [6.07, 6.45) is 0. The zero-order valence-corrected chi connectivity index (χ0v) is 12.4. The number of nitrogen functional groups attached to an aromatic ring is 1. The van der Waals surface area contributed by atoms with Gasteiger partial charge in [0.1, 0.15) is 11.5 Å². The number of amides is 1. The van der Waals surface area contributed by atoms with Crippen LogP contribution in [0.2, 0.25) is 5.02 Å². The van der Waals surface area contributed by atoms with Crippen LogP contribution in [0.4, 0.5) is 11.4 Å². The summed E-state index contributed by atoms with van der Waals surface area (Å²) >= 11 is 6.05. The summed E-state index contributed by atoms with van der Waals surface area (Å²) in [5.74, 6) is 0.771. The van der Waals surface area contributed by atoms with Crippen LogP contribution in [-0.4, -0.2) is 20.1 Å². The highest BCUT2D eigenvalue weighted by atomic mass is 35.5. The number of carbonyl (C=O) groups excluding carboxylic acids is 1. The van der Waals surface area contributed by atoms with Crippen molar-refractivity contribution in [2.24, 2.45) is 0 Å². The Morgan fingerprint density at radius 1 is 1.10 bits per heavy atom. The molecule has 0 saturated heterocycles. The quantitative estimate of drug-likeness (QED) is 0.851. The highest BCUT2D eigenvalue weighted by Crippen LogP contribution is 2.27. The second-order valence-corrected chi connectivity index (χ2v) is 4.70. The van der Waals surface area contributed by atoms with Crippen molar-refractivity contribution in [3.63, 3.8) is 0 Å². The maximum atomic E-state index is 12.3. The Kier molecular flexibility index (Phi) is 4.55. The molecule has 0 fully saturated rings. The summed E-state index contributed by atoms with van der Waals surface area (Å²) in [7, 11) is 3.05. The molecular weight excluding hydrogens is 292 g/mol. The van der Waals surface area contributed by atoms with Gasteiger partial charge in [-0.2, -0.15) is 0 Å². The van der Waals surface area contributed by atoms with Crippen LogP contribution in [0.5, 0.6) is 11.5 Å². The minimum absolute atomic E-state index is 0.337. The predicted octanol–water partition coefficient (Wildman–Crippen LogP) is 3.19. The van der Waals surface area contributed by atoms with Gasteiger partial charge in [-0.15, -0.1) is 0 Å². The van der Waals surface area contributed by atoms with E-state index in [4.69, 9.17) is 26.8 Å². The van der Waals surface area contributed by atoms with Crippen molar-refractivity contribution in [2.45, 2.75) is 0 Å². The van der Waals surface area contributed by atoms with E-state index in [1.807, 2.05) is 0 Å². The minimum atomic E-state index is -0.337. The Morgan fingerprint density at radius 2 is 1.81 bits per heavy atom. The lowest BCUT2D eigenvalue weighted by atomic mass is 10.1. The first kappa shape index (κ1) is 15.0. The van der Waals surface area contributed by atoms with Gasteiger partial charge in [0.15, 0.2) is 0 Å². The van der Waals surface area contributed by atoms with Crippen molar-refractivity contribution in [2.75, 3.05) is 25.3 Å². The van der Waals surface area contributed by atoms with Gasteiger partial charge >= 0.3 is 0 Å². The number of hydrogen-bond donors (Lipinski definition) is 2. The number of nitrogens with two attached hydrogens (primary N) is 1. The van der Waals surface area contributed by atoms with Crippen molar-refractivity contribution in [3.05, 3.63) is 47.0 Å². The Bertz CT molecular complexity index is 674. The normalized spacial score (nSPS) is 10.0. The molecule has 5 nitrogen and oxygen atoms in total. The fraction of sp³-hybridized carbons (Fsp3) is 0.133. The standard InChI is InChI=1S/C15H15ClN2O3/c1-20-11-3-4-13(16)14(8-11)18-15(19)9-5-10(17)7-12(6-9)21-2/h3-8H,17H2,1-2H3,(H,18,19). The molecule has 0 aliphatic heterocycles. The molecule has 3 N–H and O–H groups in total. The molecule has 2 rings (SSSR count). The maximum Gasteiger partial charge on any atom is 0.255 e. The lowest BCUT2D eigenvalue weighted by Crippen LogP contribution is -2.13. The van der Waals surface area contributed by atoms with Gasteiger partial charge in [0, 0.05) is 23.4 Å². The first-order valence-corrected chi connectivity index (χ1v) is 6.50. The Labute approximate surface area is 127 Å². The molecule has 0 aliphatic carbocycles. The number of hydrogen-bond acceptors (Lipinski definition) is 4. The van der Waals surface area contributed by atoms with Gasteiger partial charge in [-0.25, -0.2) is 0 Å². The average Bonchev–Trinajstić information content (AvgIpc) is 2.48. The molecule has 0 unspecified atom stereocenters. The highest BCUT2D eigenvalue weighted by Gasteiger charge is 2.11. The third kappa shape index (κ3) is 3.58. The van der Waals surface area contributed by atoms with Gasteiger partial charge in [-0.05, 0) is 24.3 Å². The summed E-state index contributed by atoms with van der Waals surface area (Å²) in [5, 5.41) is 3.13. The molecule has 0 aromatic heterocycles. The maximum absolute atomic E-state index is 12.3. The number of anilines is 2. The van der Waals surface area contributed by atoms with Crippen LogP contribution in [-0.2, 0) is 0 Å². The summed E-state index contributed by atoms with van der Waals surface area (Å²) < 4.78 is 10.2. The number of benzene rings is 2. The first-order chi connectivity index (χ1) is 10.0. The van der Waals surface area contributed by atoms with E-state index in [2.05, 4.69) is 5.32 Å². The number of carbonyl (C=O) groups is 1. The van der Waals surface area contributed by atoms with E-state index in [0.29, 0.717) is 33.5 Å². The second-order valence-electron chi connectivity index (χ2n) is 4.29.